The van der Waals surface area contributed by atoms with Crippen molar-refractivity contribution in [1.29, 1.82) is 0 Å². The summed E-state index contributed by atoms with van der Waals surface area (Å²) in [6.45, 7) is 3.88. The lowest BCUT2D eigenvalue weighted by atomic mass is 10.1. The van der Waals surface area contributed by atoms with Gasteiger partial charge in [0, 0.05) is 0 Å². The second kappa shape index (κ2) is 9.62. The summed E-state index contributed by atoms with van der Waals surface area (Å²) in [7, 11) is 1.46. The molecule has 0 saturated carbocycles. The topological polar surface area (TPSA) is 67.9 Å². The number of ether oxygens (including phenoxy) is 2. The van der Waals surface area contributed by atoms with Crippen LogP contribution in [0.4, 0.5) is 18.9 Å². The first-order valence-corrected chi connectivity index (χ1v) is 10.4. The average molecular weight is 478 g/mol. The van der Waals surface area contributed by atoms with Crippen LogP contribution in [0, 0.1) is 0 Å². The van der Waals surface area contributed by atoms with Crippen LogP contribution in [-0.2, 0) is 15.8 Å². The lowest BCUT2D eigenvalue weighted by Gasteiger charge is -2.29. The van der Waals surface area contributed by atoms with Crippen molar-refractivity contribution in [1.82, 2.24) is 5.32 Å². The molecular formula is C23H21F3N2O4S. The van der Waals surface area contributed by atoms with Gasteiger partial charge in [0.1, 0.15) is 5.57 Å². The number of benzene rings is 2. The number of halogens is 3. The number of carbonyl (C=O) groups excluding carboxylic acids is 2. The highest BCUT2D eigenvalue weighted by molar-refractivity contribution is 7.80. The molecule has 1 aliphatic rings. The molecule has 3 rings (SSSR count). The van der Waals surface area contributed by atoms with E-state index in [4.69, 9.17) is 21.7 Å². The smallest absolute Gasteiger partial charge is 0.416 e. The van der Waals surface area contributed by atoms with Crippen LogP contribution in [0.15, 0.2) is 48.0 Å². The molecule has 2 aromatic rings. The zero-order chi connectivity index (χ0) is 24.3. The Hall–Kier alpha value is -3.40. The van der Waals surface area contributed by atoms with Gasteiger partial charge in [0.25, 0.3) is 11.8 Å². The first-order chi connectivity index (χ1) is 15.5. The minimum Gasteiger partial charge on any atom is -0.493 e. The SMILES string of the molecule is CC[C@@H](C)Oc1ccc(/C=C2\C(=O)NC(=S)N(c3cccc(C(F)(F)F)c3)C2=O)cc1OC. The molecule has 0 unspecified atom stereocenters. The number of hydrogen-bond acceptors (Lipinski definition) is 5. The van der Waals surface area contributed by atoms with Gasteiger partial charge in [-0.1, -0.05) is 19.1 Å². The molecule has 2 aromatic carbocycles. The first-order valence-electron chi connectivity index (χ1n) is 9.98. The maximum atomic E-state index is 13.1. The standard InChI is InChI=1S/C23H21F3N2O4S/c1-4-13(2)32-18-9-8-14(11-19(18)31-3)10-17-20(29)27-22(33)28(21(17)30)16-7-5-6-15(12-16)23(24,25)26/h5-13H,4H2,1-3H3,(H,27,29,33)/b17-10+/t13-/m1/s1. The van der Waals surface area contributed by atoms with E-state index in [1.807, 2.05) is 13.8 Å². The molecule has 1 atom stereocenters. The fourth-order valence-electron chi connectivity index (χ4n) is 3.05. The van der Waals surface area contributed by atoms with Crippen molar-refractivity contribution in [3.05, 3.63) is 59.2 Å². The molecule has 174 valence electrons. The molecule has 1 fully saturated rings. The monoisotopic (exact) mass is 478 g/mol. The van der Waals surface area contributed by atoms with Gasteiger partial charge < -0.3 is 9.47 Å². The number of anilines is 1. The van der Waals surface area contributed by atoms with Gasteiger partial charge in [-0.3, -0.25) is 19.8 Å². The zero-order valence-corrected chi connectivity index (χ0v) is 18.8. The number of methoxy groups -OCH3 is 1. The summed E-state index contributed by atoms with van der Waals surface area (Å²) in [6, 6.07) is 9.02. The predicted octanol–water partition coefficient (Wildman–Crippen LogP) is 4.72. The van der Waals surface area contributed by atoms with Crippen LogP contribution < -0.4 is 19.7 Å². The van der Waals surface area contributed by atoms with Crippen molar-refractivity contribution < 1.29 is 32.2 Å². The summed E-state index contributed by atoms with van der Waals surface area (Å²) in [4.78, 5) is 26.4. The molecule has 0 radical (unpaired) electrons. The number of nitrogens with one attached hydrogen (secondary N) is 1. The van der Waals surface area contributed by atoms with E-state index in [1.54, 1.807) is 18.2 Å². The fraction of sp³-hybridized carbons (Fsp3) is 0.261. The Morgan fingerprint density at radius 3 is 2.52 bits per heavy atom. The van der Waals surface area contributed by atoms with Crippen LogP contribution in [0.25, 0.3) is 6.08 Å². The Morgan fingerprint density at radius 1 is 1.15 bits per heavy atom. The summed E-state index contributed by atoms with van der Waals surface area (Å²) in [5.41, 5.74) is -0.891. The van der Waals surface area contributed by atoms with Crippen LogP contribution in [0.5, 0.6) is 11.5 Å². The van der Waals surface area contributed by atoms with Gasteiger partial charge in [-0.15, -0.1) is 0 Å². The lowest BCUT2D eigenvalue weighted by Crippen LogP contribution is -2.54. The zero-order valence-electron chi connectivity index (χ0n) is 18.0. The molecule has 0 aliphatic carbocycles. The van der Waals surface area contributed by atoms with E-state index in [0.717, 1.165) is 29.5 Å². The van der Waals surface area contributed by atoms with Crippen LogP contribution in [-0.4, -0.2) is 30.1 Å². The van der Waals surface area contributed by atoms with E-state index in [0.29, 0.717) is 17.1 Å². The van der Waals surface area contributed by atoms with Crippen molar-refractivity contribution in [2.45, 2.75) is 32.5 Å². The number of nitrogens with zero attached hydrogens (tertiary/aromatic N) is 1. The van der Waals surface area contributed by atoms with E-state index in [1.165, 1.54) is 19.3 Å². The molecule has 0 spiro atoms. The van der Waals surface area contributed by atoms with Gasteiger partial charge >= 0.3 is 6.18 Å². The predicted molar refractivity (Wildman–Crippen MR) is 121 cm³/mol. The Labute approximate surface area is 194 Å². The Morgan fingerprint density at radius 2 is 1.88 bits per heavy atom. The molecule has 0 aromatic heterocycles. The second-order valence-electron chi connectivity index (χ2n) is 7.25. The van der Waals surface area contributed by atoms with Crippen molar-refractivity contribution in [3.63, 3.8) is 0 Å². The number of alkyl halides is 3. The second-order valence-corrected chi connectivity index (χ2v) is 7.64. The van der Waals surface area contributed by atoms with Gasteiger partial charge in [-0.25, -0.2) is 0 Å². The summed E-state index contributed by atoms with van der Waals surface area (Å²) >= 11 is 5.05. The quantitative estimate of drug-likeness (QED) is 0.370. The highest BCUT2D eigenvalue weighted by Gasteiger charge is 2.36. The van der Waals surface area contributed by atoms with E-state index >= 15 is 0 Å². The van der Waals surface area contributed by atoms with Crippen LogP contribution in [0.1, 0.15) is 31.4 Å². The number of rotatable bonds is 6. The third kappa shape index (κ3) is 5.33. The number of amides is 2. The first kappa shape index (κ1) is 24.2. The van der Waals surface area contributed by atoms with Crippen LogP contribution in [0.3, 0.4) is 0 Å². The van der Waals surface area contributed by atoms with E-state index in [-0.39, 0.29) is 22.5 Å². The van der Waals surface area contributed by atoms with E-state index < -0.39 is 23.6 Å². The lowest BCUT2D eigenvalue weighted by molar-refractivity contribution is -0.137. The molecular weight excluding hydrogens is 457 g/mol. The van der Waals surface area contributed by atoms with E-state index in [9.17, 15) is 22.8 Å². The average Bonchev–Trinajstić information content (AvgIpc) is 2.76. The molecule has 2 amide bonds. The maximum Gasteiger partial charge on any atom is 0.416 e. The third-order valence-corrected chi connectivity index (χ3v) is 5.22. The van der Waals surface area contributed by atoms with Crippen LogP contribution >= 0.6 is 12.2 Å². The molecule has 1 aliphatic heterocycles. The molecule has 0 bridgehead atoms. The molecule has 6 nitrogen and oxygen atoms in total. The number of carbonyl (C=O) groups is 2. The Kier molecular flexibility index (Phi) is 7.06. The summed E-state index contributed by atoms with van der Waals surface area (Å²) in [6.07, 6.45) is -2.55. The minimum atomic E-state index is -4.60. The van der Waals surface area contributed by atoms with Gasteiger partial charge in [-0.05, 0) is 67.5 Å². The van der Waals surface area contributed by atoms with Gasteiger partial charge in [-0.2, -0.15) is 13.2 Å². The molecule has 33 heavy (non-hydrogen) atoms. The van der Waals surface area contributed by atoms with Crippen molar-refractivity contribution in [2.24, 2.45) is 0 Å². The van der Waals surface area contributed by atoms with Gasteiger partial charge in [0.05, 0.1) is 24.5 Å². The molecule has 10 heteroatoms. The largest absolute Gasteiger partial charge is 0.493 e. The van der Waals surface area contributed by atoms with Gasteiger partial charge in [0.15, 0.2) is 16.6 Å². The van der Waals surface area contributed by atoms with Crippen LogP contribution in [0.2, 0.25) is 0 Å². The fourth-order valence-corrected chi connectivity index (χ4v) is 3.33. The van der Waals surface area contributed by atoms with Crippen molar-refractivity contribution in [3.8, 4) is 11.5 Å². The summed E-state index contributed by atoms with van der Waals surface area (Å²) < 4.78 is 50.5. The van der Waals surface area contributed by atoms with E-state index in [2.05, 4.69) is 5.32 Å². The van der Waals surface area contributed by atoms with Crippen molar-refractivity contribution in [2.75, 3.05) is 12.0 Å². The molecule has 1 saturated heterocycles. The minimum absolute atomic E-state index is 0.0455. The van der Waals surface area contributed by atoms with Gasteiger partial charge in [0.2, 0.25) is 0 Å². The highest BCUT2D eigenvalue weighted by atomic mass is 32.1. The molecule has 1 heterocycles. The Bertz CT molecular complexity index is 1130. The normalized spacial score (nSPS) is 16.6. The number of thiocarbonyl (C=S) groups is 1. The highest BCUT2D eigenvalue weighted by Crippen LogP contribution is 2.33. The Balaban J connectivity index is 1.98. The third-order valence-electron chi connectivity index (χ3n) is 4.94. The van der Waals surface area contributed by atoms with Crippen molar-refractivity contribution >= 4 is 40.9 Å². The number of hydrogen-bond donors (Lipinski definition) is 1. The maximum absolute atomic E-state index is 13.1. The molecule has 1 N–H and O–H groups in total. The summed E-state index contributed by atoms with van der Waals surface area (Å²) in [5, 5.41) is 2.04. The summed E-state index contributed by atoms with van der Waals surface area (Å²) in [5.74, 6) is -0.701.